The lowest BCUT2D eigenvalue weighted by Crippen LogP contribution is -2.23. The van der Waals surface area contributed by atoms with Crippen molar-refractivity contribution in [3.05, 3.63) is 53.3 Å². The molecule has 33 heavy (non-hydrogen) atoms. The van der Waals surface area contributed by atoms with E-state index in [1.54, 1.807) is 49.4 Å². The van der Waals surface area contributed by atoms with Crippen LogP contribution in [0.25, 0.3) is 0 Å². The zero-order valence-corrected chi connectivity index (χ0v) is 19.6. The van der Waals surface area contributed by atoms with Crippen LogP contribution >= 0.6 is 23.4 Å². The number of hydrogen-bond acceptors (Lipinski definition) is 7. The summed E-state index contributed by atoms with van der Waals surface area (Å²) in [4.78, 5) is 25.2. The Hall–Kier alpha value is -3.24. The summed E-state index contributed by atoms with van der Waals surface area (Å²) in [6, 6.07) is 12.3. The molecule has 0 saturated carbocycles. The van der Waals surface area contributed by atoms with Gasteiger partial charge in [-0.25, -0.2) is 0 Å². The van der Waals surface area contributed by atoms with E-state index in [-0.39, 0.29) is 25.0 Å². The maximum absolute atomic E-state index is 12.7. The number of halogens is 1. The Morgan fingerprint density at radius 1 is 1.15 bits per heavy atom. The third kappa shape index (κ3) is 5.40. The van der Waals surface area contributed by atoms with Crippen LogP contribution in [0.4, 0.5) is 11.4 Å². The molecule has 0 spiro atoms. The second kappa shape index (κ2) is 10.1. The van der Waals surface area contributed by atoms with E-state index in [9.17, 15) is 9.59 Å². The number of para-hydroxylation sites is 1. The molecule has 0 fully saturated rings. The number of amides is 2. The SMILES string of the molecule is CCn1c(CC(=O)Nc2ccccc2Cl)nnc1SC(C)C(=O)Nc1ccc2c(c1)OCO2. The highest BCUT2D eigenvalue weighted by molar-refractivity contribution is 8.00. The van der Waals surface area contributed by atoms with Gasteiger partial charge in [-0.3, -0.25) is 9.59 Å². The van der Waals surface area contributed by atoms with Gasteiger partial charge in [0.2, 0.25) is 18.6 Å². The summed E-state index contributed by atoms with van der Waals surface area (Å²) in [5, 5.41) is 14.6. The highest BCUT2D eigenvalue weighted by Gasteiger charge is 2.22. The standard InChI is InChI=1S/C22H22ClN5O4S/c1-3-28-19(11-20(29)25-16-7-5-4-6-15(16)23)26-27-22(28)33-13(2)21(30)24-14-8-9-17-18(10-14)32-12-31-17/h4-10,13H,3,11-12H2,1-2H3,(H,24,30)(H,25,29). The first kappa shape index (κ1) is 22.9. The molecule has 2 amide bonds. The Labute approximate surface area is 199 Å². The molecule has 9 nitrogen and oxygen atoms in total. The summed E-state index contributed by atoms with van der Waals surface area (Å²) in [5.74, 6) is 1.31. The van der Waals surface area contributed by atoms with Crippen LogP contribution in [-0.2, 0) is 22.6 Å². The van der Waals surface area contributed by atoms with Crippen molar-refractivity contribution >= 4 is 46.6 Å². The van der Waals surface area contributed by atoms with Crippen molar-refractivity contribution in [1.29, 1.82) is 0 Å². The van der Waals surface area contributed by atoms with Gasteiger partial charge in [0.1, 0.15) is 5.82 Å². The molecule has 1 aliphatic rings. The van der Waals surface area contributed by atoms with Crippen molar-refractivity contribution in [3.8, 4) is 11.5 Å². The number of ether oxygens (including phenoxy) is 2. The van der Waals surface area contributed by atoms with Gasteiger partial charge in [0, 0.05) is 18.3 Å². The van der Waals surface area contributed by atoms with Crippen LogP contribution in [0, 0.1) is 0 Å². The van der Waals surface area contributed by atoms with Gasteiger partial charge < -0.3 is 24.7 Å². The lowest BCUT2D eigenvalue weighted by molar-refractivity contribution is -0.116. The normalized spacial score (nSPS) is 12.9. The second-order valence-electron chi connectivity index (χ2n) is 7.17. The number of carbonyl (C=O) groups excluding carboxylic acids is 2. The van der Waals surface area contributed by atoms with E-state index in [0.717, 1.165) is 0 Å². The van der Waals surface area contributed by atoms with Crippen molar-refractivity contribution in [3.63, 3.8) is 0 Å². The third-order valence-corrected chi connectivity index (χ3v) is 6.28. The number of rotatable bonds is 8. The molecule has 0 radical (unpaired) electrons. The van der Waals surface area contributed by atoms with Crippen LogP contribution in [-0.4, -0.2) is 38.6 Å². The first-order valence-electron chi connectivity index (χ1n) is 10.3. The zero-order valence-electron chi connectivity index (χ0n) is 18.0. The van der Waals surface area contributed by atoms with E-state index in [0.29, 0.717) is 45.4 Å². The summed E-state index contributed by atoms with van der Waals surface area (Å²) in [7, 11) is 0. The summed E-state index contributed by atoms with van der Waals surface area (Å²) >= 11 is 7.37. The maximum Gasteiger partial charge on any atom is 0.237 e. The molecule has 172 valence electrons. The summed E-state index contributed by atoms with van der Waals surface area (Å²) in [6.07, 6.45) is 0.0321. The van der Waals surface area contributed by atoms with Crippen molar-refractivity contribution in [2.24, 2.45) is 0 Å². The Morgan fingerprint density at radius 3 is 2.73 bits per heavy atom. The van der Waals surface area contributed by atoms with E-state index in [1.165, 1.54) is 11.8 Å². The molecule has 0 aliphatic carbocycles. The Bertz CT molecular complexity index is 1190. The van der Waals surface area contributed by atoms with E-state index in [4.69, 9.17) is 21.1 Å². The second-order valence-corrected chi connectivity index (χ2v) is 8.88. The van der Waals surface area contributed by atoms with E-state index < -0.39 is 5.25 Å². The highest BCUT2D eigenvalue weighted by Crippen LogP contribution is 2.34. The van der Waals surface area contributed by atoms with Crippen LogP contribution < -0.4 is 20.1 Å². The number of anilines is 2. The molecule has 2 heterocycles. The van der Waals surface area contributed by atoms with Crippen molar-refractivity contribution in [2.45, 2.75) is 37.2 Å². The predicted octanol–water partition coefficient (Wildman–Crippen LogP) is 3.98. The first-order valence-corrected chi connectivity index (χ1v) is 11.5. The van der Waals surface area contributed by atoms with E-state index in [2.05, 4.69) is 20.8 Å². The number of fused-ring (bicyclic) bond motifs is 1. The fourth-order valence-electron chi connectivity index (χ4n) is 3.19. The van der Waals surface area contributed by atoms with Crippen molar-refractivity contribution in [2.75, 3.05) is 17.4 Å². The van der Waals surface area contributed by atoms with Gasteiger partial charge in [0.25, 0.3) is 0 Å². The van der Waals surface area contributed by atoms with Crippen molar-refractivity contribution in [1.82, 2.24) is 14.8 Å². The van der Waals surface area contributed by atoms with Gasteiger partial charge in [-0.15, -0.1) is 10.2 Å². The number of aromatic nitrogens is 3. The van der Waals surface area contributed by atoms with E-state index in [1.807, 2.05) is 11.5 Å². The average Bonchev–Trinajstić information content (AvgIpc) is 3.41. The number of nitrogens with one attached hydrogen (secondary N) is 2. The smallest absolute Gasteiger partial charge is 0.237 e. The molecule has 3 aromatic rings. The minimum absolute atomic E-state index is 0.0321. The molecule has 1 aliphatic heterocycles. The monoisotopic (exact) mass is 487 g/mol. The largest absolute Gasteiger partial charge is 0.454 e. The lowest BCUT2D eigenvalue weighted by atomic mass is 10.2. The van der Waals surface area contributed by atoms with Crippen LogP contribution in [0.1, 0.15) is 19.7 Å². The molecule has 1 aromatic heterocycles. The fourth-order valence-corrected chi connectivity index (χ4v) is 4.30. The molecule has 11 heteroatoms. The number of benzene rings is 2. The molecule has 1 unspecified atom stereocenters. The molecule has 2 N–H and O–H groups in total. The van der Waals surface area contributed by atoms with Crippen LogP contribution in [0.15, 0.2) is 47.6 Å². The van der Waals surface area contributed by atoms with Crippen LogP contribution in [0.3, 0.4) is 0 Å². The minimum atomic E-state index is -0.449. The molecular weight excluding hydrogens is 466 g/mol. The van der Waals surface area contributed by atoms with Gasteiger partial charge >= 0.3 is 0 Å². The zero-order chi connectivity index (χ0) is 23.4. The van der Waals surface area contributed by atoms with Crippen LogP contribution in [0.5, 0.6) is 11.5 Å². The van der Waals surface area contributed by atoms with Crippen molar-refractivity contribution < 1.29 is 19.1 Å². The lowest BCUT2D eigenvalue weighted by Gasteiger charge is -2.13. The highest BCUT2D eigenvalue weighted by atomic mass is 35.5. The summed E-state index contributed by atoms with van der Waals surface area (Å²) < 4.78 is 12.5. The van der Waals surface area contributed by atoms with Crippen LogP contribution in [0.2, 0.25) is 5.02 Å². The molecular formula is C22H22ClN5O4S. The van der Waals surface area contributed by atoms with E-state index >= 15 is 0 Å². The summed E-state index contributed by atoms with van der Waals surface area (Å²) in [5.41, 5.74) is 1.15. The maximum atomic E-state index is 12.7. The molecule has 0 bridgehead atoms. The Morgan fingerprint density at radius 2 is 1.94 bits per heavy atom. The minimum Gasteiger partial charge on any atom is -0.454 e. The van der Waals surface area contributed by atoms with Gasteiger partial charge in [0.05, 0.1) is 22.4 Å². The topological polar surface area (TPSA) is 107 Å². The molecule has 0 saturated heterocycles. The quantitative estimate of drug-likeness (QED) is 0.463. The fraction of sp³-hybridized carbons (Fsp3) is 0.273. The van der Waals surface area contributed by atoms with Gasteiger partial charge in [0.15, 0.2) is 16.7 Å². The van der Waals surface area contributed by atoms with Gasteiger partial charge in [-0.05, 0) is 38.1 Å². The number of carbonyl (C=O) groups is 2. The number of nitrogens with zero attached hydrogens (tertiary/aromatic N) is 3. The predicted molar refractivity (Wildman–Crippen MR) is 126 cm³/mol. The Kier molecular flexibility index (Phi) is 7.05. The first-order chi connectivity index (χ1) is 15.9. The molecule has 1 atom stereocenters. The average molecular weight is 488 g/mol. The number of thioether (sulfide) groups is 1. The Balaban J connectivity index is 1.38. The molecule has 2 aromatic carbocycles. The number of hydrogen-bond donors (Lipinski definition) is 2. The molecule has 4 rings (SSSR count). The third-order valence-electron chi connectivity index (χ3n) is 4.87. The summed E-state index contributed by atoms with van der Waals surface area (Å²) in [6.45, 7) is 4.44. The van der Waals surface area contributed by atoms with Gasteiger partial charge in [-0.2, -0.15) is 0 Å². The van der Waals surface area contributed by atoms with Gasteiger partial charge in [-0.1, -0.05) is 35.5 Å².